The van der Waals surface area contributed by atoms with Gasteiger partial charge in [0.2, 0.25) is 5.91 Å². The average molecular weight is 467 g/mol. The maximum Gasteiger partial charge on any atom is 0.253 e. The van der Waals surface area contributed by atoms with Crippen LogP contribution in [0.2, 0.25) is 0 Å². The summed E-state index contributed by atoms with van der Waals surface area (Å²) in [5, 5.41) is 10.6. The van der Waals surface area contributed by atoms with Crippen molar-refractivity contribution >= 4 is 22.8 Å². The number of amides is 2. The standard InChI is InChI=1S/C27H26N6O2/c34-26(8-3-18-1-4-19(5-2-18)20-9-11-28-12-10-20)32-14-22-16-33(17-23(22)15-32)27(35)21-6-7-24-25(13-21)30-31-29-24/h1-2,4-7,9-13,22-23H,3,8,14-17H2,(H,29,30,31). The second-order valence-electron chi connectivity index (χ2n) is 9.51. The smallest absolute Gasteiger partial charge is 0.253 e. The van der Waals surface area contributed by atoms with Crippen molar-refractivity contribution in [1.82, 2.24) is 30.2 Å². The summed E-state index contributed by atoms with van der Waals surface area (Å²) in [4.78, 5) is 33.9. The number of rotatable bonds is 5. The van der Waals surface area contributed by atoms with Gasteiger partial charge in [0, 0.05) is 62.4 Å². The van der Waals surface area contributed by atoms with Crippen LogP contribution in [0.1, 0.15) is 22.3 Å². The summed E-state index contributed by atoms with van der Waals surface area (Å²) in [7, 11) is 0. The Morgan fingerprint density at radius 3 is 2.29 bits per heavy atom. The molecular weight excluding hydrogens is 440 g/mol. The summed E-state index contributed by atoms with van der Waals surface area (Å²) >= 11 is 0. The lowest BCUT2D eigenvalue weighted by molar-refractivity contribution is -0.130. The third-order valence-electron chi connectivity index (χ3n) is 7.29. The minimum Gasteiger partial charge on any atom is -0.342 e. The van der Waals surface area contributed by atoms with Gasteiger partial charge < -0.3 is 9.80 Å². The van der Waals surface area contributed by atoms with Gasteiger partial charge in [-0.1, -0.05) is 29.5 Å². The van der Waals surface area contributed by atoms with Crippen molar-refractivity contribution in [3.05, 3.63) is 78.1 Å². The van der Waals surface area contributed by atoms with Gasteiger partial charge in [-0.15, -0.1) is 5.10 Å². The van der Waals surface area contributed by atoms with Gasteiger partial charge in [0.05, 0.1) is 5.52 Å². The Kier molecular flexibility index (Phi) is 5.48. The third kappa shape index (κ3) is 4.27. The van der Waals surface area contributed by atoms with E-state index in [0.29, 0.717) is 42.4 Å². The number of hydrogen-bond donors (Lipinski definition) is 1. The molecule has 2 aromatic heterocycles. The molecule has 35 heavy (non-hydrogen) atoms. The SMILES string of the molecule is O=C(CCc1ccc(-c2ccncc2)cc1)N1CC2CN(C(=O)c3ccc4[nH]nnc4c3)CC2C1. The number of aryl methyl sites for hydroxylation is 1. The zero-order valence-electron chi connectivity index (χ0n) is 19.3. The van der Waals surface area contributed by atoms with Crippen molar-refractivity contribution in [2.45, 2.75) is 12.8 Å². The Morgan fingerprint density at radius 2 is 1.54 bits per heavy atom. The van der Waals surface area contributed by atoms with Crippen LogP contribution in [0.15, 0.2) is 67.0 Å². The van der Waals surface area contributed by atoms with Crippen molar-refractivity contribution in [2.75, 3.05) is 26.2 Å². The normalized spacial score (nSPS) is 19.3. The molecule has 2 aliphatic heterocycles. The van der Waals surface area contributed by atoms with E-state index < -0.39 is 0 Å². The van der Waals surface area contributed by atoms with E-state index in [2.05, 4.69) is 44.7 Å². The molecule has 6 rings (SSSR count). The molecule has 2 fully saturated rings. The van der Waals surface area contributed by atoms with Crippen molar-refractivity contribution < 1.29 is 9.59 Å². The quantitative estimate of drug-likeness (QED) is 0.487. The Bertz CT molecular complexity index is 1350. The van der Waals surface area contributed by atoms with E-state index in [1.165, 1.54) is 0 Å². The number of nitrogens with one attached hydrogen (secondary N) is 1. The van der Waals surface area contributed by atoms with E-state index >= 15 is 0 Å². The minimum absolute atomic E-state index is 0.0254. The summed E-state index contributed by atoms with van der Waals surface area (Å²) in [6, 6.07) is 17.8. The van der Waals surface area contributed by atoms with Crippen molar-refractivity contribution in [2.24, 2.45) is 11.8 Å². The molecule has 2 amide bonds. The number of aromatic nitrogens is 4. The lowest BCUT2D eigenvalue weighted by Crippen LogP contribution is -2.35. The first kappa shape index (κ1) is 21.5. The second kappa shape index (κ2) is 8.94. The summed E-state index contributed by atoms with van der Waals surface area (Å²) in [5.74, 6) is 0.918. The van der Waals surface area contributed by atoms with Crippen LogP contribution >= 0.6 is 0 Å². The number of carbonyl (C=O) groups excluding carboxylic acids is 2. The highest BCUT2D eigenvalue weighted by atomic mass is 16.2. The molecule has 0 aliphatic carbocycles. The molecule has 2 aromatic carbocycles. The Hall–Kier alpha value is -4.07. The minimum atomic E-state index is 0.0254. The van der Waals surface area contributed by atoms with E-state index in [-0.39, 0.29) is 11.8 Å². The zero-order valence-corrected chi connectivity index (χ0v) is 19.3. The number of H-pyrrole nitrogens is 1. The Labute approximate surface area is 203 Å². The van der Waals surface area contributed by atoms with E-state index in [4.69, 9.17) is 0 Å². The fourth-order valence-corrected chi connectivity index (χ4v) is 5.34. The van der Waals surface area contributed by atoms with E-state index in [1.807, 2.05) is 34.1 Å². The maximum absolute atomic E-state index is 13.0. The molecule has 4 heterocycles. The van der Waals surface area contributed by atoms with Crippen LogP contribution < -0.4 is 0 Å². The fourth-order valence-electron chi connectivity index (χ4n) is 5.34. The number of pyridine rings is 1. The van der Waals surface area contributed by atoms with Crippen LogP contribution in [-0.4, -0.2) is 68.2 Å². The molecule has 176 valence electrons. The molecule has 0 radical (unpaired) electrons. The van der Waals surface area contributed by atoms with Crippen LogP contribution in [0.25, 0.3) is 22.2 Å². The summed E-state index contributed by atoms with van der Waals surface area (Å²) in [5.41, 5.74) is 5.59. The van der Waals surface area contributed by atoms with Crippen LogP contribution in [-0.2, 0) is 11.2 Å². The molecule has 0 bridgehead atoms. The number of aromatic amines is 1. The predicted octanol–water partition coefficient (Wildman–Crippen LogP) is 3.18. The first-order valence-electron chi connectivity index (χ1n) is 12.0. The van der Waals surface area contributed by atoms with Gasteiger partial charge in [-0.2, -0.15) is 0 Å². The third-order valence-corrected chi connectivity index (χ3v) is 7.29. The predicted molar refractivity (Wildman–Crippen MR) is 131 cm³/mol. The molecule has 1 N–H and O–H groups in total. The molecule has 2 aliphatic rings. The topological polar surface area (TPSA) is 95.1 Å². The first-order chi connectivity index (χ1) is 17.1. The number of benzene rings is 2. The van der Waals surface area contributed by atoms with Gasteiger partial charge in [0.15, 0.2) is 0 Å². The molecule has 8 nitrogen and oxygen atoms in total. The summed E-state index contributed by atoms with van der Waals surface area (Å²) in [6.45, 7) is 2.86. The molecule has 2 unspecified atom stereocenters. The molecule has 8 heteroatoms. The van der Waals surface area contributed by atoms with Gasteiger partial charge >= 0.3 is 0 Å². The highest BCUT2D eigenvalue weighted by molar-refractivity contribution is 5.97. The molecule has 0 spiro atoms. The van der Waals surface area contributed by atoms with E-state index in [0.717, 1.165) is 41.7 Å². The monoisotopic (exact) mass is 466 g/mol. The van der Waals surface area contributed by atoms with Gasteiger partial charge in [0.25, 0.3) is 5.91 Å². The Morgan fingerprint density at radius 1 is 0.857 bits per heavy atom. The summed E-state index contributed by atoms with van der Waals surface area (Å²) < 4.78 is 0. The number of hydrogen-bond acceptors (Lipinski definition) is 5. The number of likely N-dealkylation sites (tertiary alicyclic amines) is 2. The van der Waals surface area contributed by atoms with Crippen LogP contribution in [0.5, 0.6) is 0 Å². The molecule has 4 aromatic rings. The molecule has 2 atom stereocenters. The van der Waals surface area contributed by atoms with E-state index in [9.17, 15) is 9.59 Å². The van der Waals surface area contributed by atoms with Gasteiger partial charge in [-0.3, -0.25) is 19.7 Å². The first-order valence-corrected chi connectivity index (χ1v) is 12.0. The molecule has 2 saturated heterocycles. The summed E-state index contributed by atoms with van der Waals surface area (Å²) in [6.07, 6.45) is 4.82. The highest BCUT2D eigenvalue weighted by Crippen LogP contribution is 2.32. The van der Waals surface area contributed by atoms with E-state index in [1.54, 1.807) is 18.5 Å². The van der Waals surface area contributed by atoms with Crippen molar-refractivity contribution in [3.8, 4) is 11.1 Å². The fraction of sp³-hybridized carbons (Fsp3) is 0.296. The molecular formula is C27H26N6O2. The Balaban J connectivity index is 1.01. The van der Waals surface area contributed by atoms with Crippen LogP contribution in [0.4, 0.5) is 0 Å². The van der Waals surface area contributed by atoms with Crippen LogP contribution in [0, 0.1) is 11.8 Å². The largest absolute Gasteiger partial charge is 0.342 e. The van der Waals surface area contributed by atoms with Crippen molar-refractivity contribution in [1.29, 1.82) is 0 Å². The number of carbonyl (C=O) groups is 2. The second-order valence-corrected chi connectivity index (χ2v) is 9.51. The van der Waals surface area contributed by atoms with Gasteiger partial charge in [0.1, 0.15) is 5.52 Å². The lowest BCUT2D eigenvalue weighted by atomic mass is 10.0. The van der Waals surface area contributed by atoms with Crippen LogP contribution in [0.3, 0.4) is 0 Å². The van der Waals surface area contributed by atoms with Gasteiger partial charge in [-0.25, -0.2) is 0 Å². The highest BCUT2D eigenvalue weighted by Gasteiger charge is 2.42. The molecule has 0 saturated carbocycles. The van der Waals surface area contributed by atoms with Crippen molar-refractivity contribution in [3.63, 3.8) is 0 Å². The lowest BCUT2D eigenvalue weighted by Gasteiger charge is -2.22. The zero-order chi connectivity index (χ0) is 23.8. The van der Waals surface area contributed by atoms with Gasteiger partial charge in [-0.05, 0) is 53.4 Å². The maximum atomic E-state index is 13.0. The average Bonchev–Trinajstić information content (AvgIpc) is 3.62. The number of nitrogens with zero attached hydrogens (tertiary/aromatic N) is 5. The number of fused-ring (bicyclic) bond motifs is 2.